The van der Waals surface area contributed by atoms with Gasteiger partial charge in [-0.2, -0.15) is 0 Å². The van der Waals surface area contributed by atoms with Crippen molar-refractivity contribution in [2.45, 2.75) is 13.0 Å². The lowest BCUT2D eigenvalue weighted by molar-refractivity contribution is -0.122. The summed E-state index contributed by atoms with van der Waals surface area (Å²) in [7, 11) is 0. The number of carbonyl (C=O) groups excluding carboxylic acids is 1. The van der Waals surface area contributed by atoms with Crippen LogP contribution in [0.5, 0.6) is 0 Å². The van der Waals surface area contributed by atoms with E-state index >= 15 is 0 Å². The largest absolute Gasteiger partial charge is 0.394 e. The van der Waals surface area contributed by atoms with E-state index in [9.17, 15) is 9.90 Å². The fourth-order valence-corrected chi connectivity index (χ4v) is 2.44. The molecule has 0 spiro atoms. The molecule has 4 nitrogen and oxygen atoms in total. The second-order valence-electron chi connectivity index (χ2n) is 4.65. The van der Waals surface area contributed by atoms with Crippen LogP contribution in [0.25, 0.3) is 0 Å². The van der Waals surface area contributed by atoms with E-state index in [1.807, 2.05) is 23.1 Å². The van der Waals surface area contributed by atoms with Crippen LogP contribution in [0.15, 0.2) is 24.3 Å². The molecular formula is C13H17ClN2O2. The molecule has 5 heteroatoms. The molecule has 2 unspecified atom stereocenters. The summed E-state index contributed by atoms with van der Waals surface area (Å²) in [5.74, 6) is 0.156. The van der Waals surface area contributed by atoms with Gasteiger partial charge in [-0.25, -0.2) is 0 Å². The molecule has 0 aliphatic carbocycles. The van der Waals surface area contributed by atoms with Crippen LogP contribution in [-0.4, -0.2) is 36.8 Å². The third kappa shape index (κ3) is 2.60. The average Bonchev–Trinajstić information content (AvgIpc) is 2.50. The van der Waals surface area contributed by atoms with Gasteiger partial charge >= 0.3 is 0 Å². The van der Waals surface area contributed by atoms with Crippen molar-refractivity contribution >= 4 is 23.2 Å². The number of halogens is 1. The molecule has 0 radical (unpaired) electrons. The Balaban J connectivity index is 2.37. The Kier molecular flexibility index (Phi) is 4.09. The number of anilines is 1. The third-order valence-electron chi connectivity index (χ3n) is 3.15. The monoisotopic (exact) mass is 268 g/mol. The van der Waals surface area contributed by atoms with Crippen molar-refractivity contribution in [3.63, 3.8) is 0 Å². The Morgan fingerprint density at radius 2 is 2.22 bits per heavy atom. The maximum Gasteiger partial charge on any atom is 0.245 e. The number of para-hydroxylation sites is 1. The highest BCUT2D eigenvalue weighted by molar-refractivity contribution is 6.33. The zero-order chi connectivity index (χ0) is 13.1. The molecule has 1 amide bonds. The van der Waals surface area contributed by atoms with Crippen molar-refractivity contribution < 1.29 is 9.90 Å². The van der Waals surface area contributed by atoms with Crippen LogP contribution >= 0.6 is 11.6 Å². The van der Waals surface area contributed by atoms with Gasteiger partial charge in [0.2, 0.25) is 5.91 Å². The molecule has 0 saturated carbocycles. The highest BCUT2D eigenvalue weighted by atomic mass is 35.5. The van der Waals surface area contributed by atoms with Gasteiger partial charge in [0.15, 0.2) is 0 Å². The Bertz CT molecular complexity index is 439. The van der Waals surface area contributed by atoms with E-state index in [4.69, 9.17) is 11.6 Å². The molecule has 1 aliphatic rings. The maximum atomic E-state index is 11.9. The van der Waals surface area contributed by atoms with Crippen LogP contribution in [0.3, 0.4) is 0 Å². The van der Waals surface area contributed by atoms with Crippen molar-refractivity contribution in [3.05, 3.63) is 29.3 Å². The number of rotatable bonds is 2. The van der Waals surface area contributed by atoms with Crippen molar-refractivity contribution in [2.75, 3.05) is 24.6 Å². The van der Waals surface area contributed by atoms with Gasteiger partial charge in [-0.1, -0.05) is 30.7 Å². The van der Waals surface area contributed by atoms with Crippen LogP contribution in [0.4, 0.5) is 5.69 Å². The third-order valence-corrected chi connectivity index (χ3v) is 3.47. The van der Waals surface area contributed by atoms with Gasteiger partial charge in [-0.05, 0) is 18.1 Å². The molecule has 1 heterocycles. The molecule has 1 aromatic rings. The topological polar surface area (TPSA) is 52.6 Å². The van der Waals surface area contributed by atoms with Gasteiger partial charge in [0.1, 0.15) is 6.04 Å². The molecule has 1 saturated heterocycles. The Morgan fingerprint density at radius 3 is 2.89 bits per heavy atom. The molecule has 0 aromatic heterocycles. The van der Waals surface area contributed by atoms with E-state index in [-0.39, 0.29) is 12.5 Å². The summed E-state index contributed by atoms with van der Waals surface area (Å²) in [4.78, 5) is 13.8. The SMILES string of the molecule is CC1CNC(=O)C(CO)N(c2ccccc2Cl)C1. The first-order valence-electron chi connectivity index (χ1n) is 6.03. The minimum Gasteiger partial charge on any atom is -0.394 e. The number of amides is 1. The summed E-state index contributed by atoms with van der Waals surface area (Å²) < 4.78 is 0. The Hall–Kier alpha value is -1.26. The standard InChI is InChI=1S/C13H17ClN2O2/c1-9-6-15-13(18)12(8-17)16(7-9)11-5-3-2-4-10(11)14/h2-5,9,12,17H,6-8H2,1H3,(H,15,18). The van der Waals surface area contributed by atoms with Crippen LogP contribution in [0.1, 0.15) is 6.92 Å². The Labute approximate surface area is 112 Å². The van der Waals surface area contributed by atoms with Crippen molar-refractivity contribution in [1.82, 2.24) is 5.32 Å². The fraction of sp³-hybridized carbons (Fsp3) is 0.462. The van der Waals surface area contributed by atoms with Crippen LogP contribution in [0.2, 0.25) is 5.02 Å². The summed E-state index contributed by atoms with van der Waals surface area (Å²) in [6.45, 7) is 3.15. The zero-order valence-corrected chi connectivity index (χ0v) is 11.0. The number of hydrogen-bond donors (Lipinski definition) is 2. The average molecular weight is 269 g/mol. The molecule has 0 bridgehead atoms. The van der Waals surface area contributed by atoms with Gasteiger partial charge in [0, 0.05) is 13.1 Å². The van der Waals surface area contributed by atoms with Gasteiger partial charge in [-0.15, -0.1) is 0 Å². The quantitative estimate of drug-likeness (QED) is 0.849. The van der Waals surface area contributed by atoms with E-state index < -0.39 is 6.04 Å². The van der Waals surface area contributed by atoms with Crippen LogP contribution < -0.4 is 10.2 Å². The second kappa shape index (κ2) is 5.59. The number of nitrogens with one attached hydrogen (secondary N) is 1. The molecule has 2 atom stereocenters. The van der Waals surface area contributed by atoms with Gasteiger partial charge in [-0.3, -0.25) is 4.79 Å². The summed E-state index contributed by atoms with van der Waals surface area (Å²) in [5, 5.41) is 12.9. The summed E-state index contributed by atoms with van der Waals surface area (Å²) >= 11 is 6.17. The van der Waals surface area contributed by atoms with Gasteiger partial charge < -0.3 is 15.3 Å². The molecule has 98 valence electrons. The van der Waals surface area contributed by atoms with E-state index in [0.717, 1.165) is 5.69 Å². The number of carbonyl (C=O) groups is 1. The lowest BCUT2D eigenvalue weighted by Gasteiger charge is -2.31. The van der Waals surface area contributed by atoms with Gasteiger partial charge in [0.05, 0.1) is 17.3 Å². The fourth-order valence-electron chi connectivity index (χ4n) is 2.19. The number of hydrogen-bond acceptors (Lipinski definition) is 3. The highest BCUT2D eigenvalue weighted by Crippen LogP contribution is 2.28. The lowest BCUT2D eigenvalue weighted by Crippen LogP contribution is -2.47. The van der Waals surface area contributed by atoms with E-state index in [2.05, 4.69) is 12.2 Å². The summed E-state index contributed by atoms with van der Waals surface area (Å²) in [6, 6.07) is 6.81. The molecular weight excluding hydrogens is 252 g/mol. The van der Waals surface area contributed by atoms with Crippen molar-refractivity contribution in [1.29, 1.82) is 0 Å². The predicted octanol–water partition coefficient (Wildman–Crippen LogP) is 1.27. The zero-order valence-electron chi connectivity index (χ0n) is 10.3. The molecule has 1 aromatic carbocycles. The molecule has 2 N–H and O–H groups in total. The summed E-state index contributed by atoms with van der Waals surface area (Å²) in [5.41, 5.74) is 0.794. The van der Waals surface area contributed by atoms with E-state index in [1.54, 1.807) is 6.07 Å². The van der Waals surface area contributed by atoms with E-state index in [1.165, 1.54) is 0 Å². The first-order valence-corrected chi connectivity index (χ1v) is 6.41. The first kappa shape index (κ1) is 13.2. The van der Waals surface area contributed by atoms with Gasteiger partial charge in [0.25, 0.3) is 0 Å². The smallest absolute Gasteiger partial charge is 0.245 e. The molecule has 18 heavy (non-hydrogen) atoms. The molecule has 1 fully saturated rings. The minimum atomic E-state index is -0.574. The number of nitrogens with zero attached hydrogens (tertiary/aromatic N) is 1. The predicted molar refractivity (Wildman–Crippen MR) is 71.8 cm³/mol. The number of aliphatic hydroxyl groups excluding tert-OH is 1. The minimum absolute atomic E-state index is 0.151. The van der Waals surface area contributed by atoms with Crippen molar-refractivity contribution in [3.8, 4) is 0 Å². The number of benzene rings is 1. The second-order valence-corrected chi connectivity index (χ2v) is 5.06. The maximum absolute atomic E-state index is 11.9. The number of aliphatic hydroxyl groups is 1. The van der Waals surface area contributed by atoms with Crippen LogP contribution in [0, 0.1) is 5.92 Å². The Morgan fingerprint density at radius 1 is 1.50 bits per heavy atom. The lowest BCUT2D eigenvalue weighted by atomic mass is 10.1. The first-order chi connectivity index (χ1) is 8.63. The van der Waals surface area contributed by atoms with Crippen molar-refractivity contribution in [2.24, 2.45) is 5.92 Å². The normalized spacial score (nSPS) is 24.6. The molecule has 2 rings (SSSR count). The summed E-state index contributed by atoms with van der Waals surface area (Å²) in [6.07, 6.45) is 0. The highest BCUT2D eigenvalue weighted by Gasteiger charge is 2.30. The molecule has 1 aliphatic heterocycles. The van der Waals surface area contributed by atoms with E-state index in [0.29, 0.717) is 24.0 Å². The van der Waals surface area contributed by atoms with Crippen LogP contribution in [-0.2, 0) is 4.79 Å².